The number of nitrogens with one attached hydrogen (secondary N) is 1. The van der Waals surface area contributed by atoms with Gasteiger partial charge in [0.25, 0.3) is 0 Å². The van der Waals surface area contributed by atoms with Gasteiger partial charge in [0.2, 0.25) is 0 Å². The lowest BCUT2D eigenvalue weighted by Crippen LogP contribution is -2.38. The molecule has 1 aliphatic heterocycles. The minimum atomic E-state index is -2.88. The third-order valence-corrected chi connectivity index (χ3v) is 5.18. The Bertz CT molecular complexity index is 271. The van der Waals surface area contributed by atoms with Crippen molar-refractivity contribution in [2.45, 2.75) is 38.9 Å². The molecular weight excluding hydrogens is 198 g/mol. The van der Waals surface area contributed by atoms with Gasteiger partial charge in [-0.15, -0.1) is 0 Å². The van der Waals surface area contributed by atoms with Crippen LogP contribution in [0.2, 0.25) is 0 Å². The molecule has 1 saturated heterocycles. The number of hydrogen-bond acceptors (Lipinski definition) is 3. The summed E-state index contributed by atoms with van der Waals surface area (Å²) in [6, 6.07) is 0. The highest BCUT2D eigenvalue weighted by molar-refractivity contribution is 7.92. The number of piperidine rings is 1. The molecule has 1 fully saturated rings. The molecular formula is C10H21NO2S. The molecule has 84 valence electrons. The first-order chi connectivity index (χ1) is 6.31. The Labute approximate surface area is 87.2 Å². The fourth-order valence-corrected chi connectivity index (χ4v) is 4.27. The lowest BCUT2D eigenvalue weighted by Gasteiger charge is -2.26. The largest absolute Gasteiger partial charge is 0.317 e. The van der Waals surface area contributed by atoms with Crippen molar-refractivity contribution in [3.63, 3.8) is 0 Å². The van der Waals surface area contributed by atoms with Crippen molar-refractivity contribution < 1.29 is 8.42 Å². The van der Waals surface area contributed by atoms with Crippen LogP contribution in [-0.4, -0.2) is 32.5 Å². The second kappa shape index (κ2) is 4.19. The van der Waals surface area contributed by atoms with Crippen molar-refractivity contribution in [2.75, 3.05) is 18.8 Å². The summed E-state index contributed by atoms with van der Waals surface area (Å²) in [4.78, 5) is 0. The van der Waals surface area contributed by atoms with Crippen LogP contribution in [0.15, 0.2) is 0 Å². The molecule has 0 aromatic carbocycles. The molecule has 0 spiro atoms. The van der Waals surface area contributed by atoms with Crippen LogP contribution in [0, 0.1) is 5.41 Å². The van der Waals surface area contributed by atoms with Crippen LogP contribution >= 0.6 is 0 Å². The second-order valence-corrected chi connectivity index (χ2v) is 7.60. The lowest BCUT2D eigenvalue weighted by molar-refractivity contribution is 0.445. The van der Waals surface area contributed by atoms with E-state index in [1.54, 1.807) is 0 Å². The summed E-state index contributed by atoms with van der Waals surface area (Å²) in [7, 11) is -2.88. The summed E-state index contributed by atoms with van der Waals surface area (Å²) in [5.41, 5.74) is -0.121. The fourth-order valence-electron chi connectivity index (χ4n) is 1.88. The third-order valence-electron chi connectivity index (χ3n) is 2.43. The summed E-state index contributed by atoms with van der Waals surface area (Å²) in [5, 5.41) is 3.08. The topological polar surface area (TPSA) is 46.2 Å². The molecule has 1 N–H and O–H groups in total. The molecule has 0 aromatic heterocycles. The van der Waals surface area contributed by atoms with Gasteiger partial charge in [0, 0.05) is 0 Å². The van der Waals surface area contributed by atoms with Gasteiger partial charge in [0.15, 0.2) is 9.84 Å². The quantitative estimate of drug-likeness (QED) is 0.759. The standard InChI is InChI=1S/C10H21NO2S/c1-10(2,3)8-14(12,13)9-4-6-11-7-5-9/h9,11H,4-8H2,1-3H3. The number of hydrogen-bond donors (Lipinski definition) is 1. The van der Waals surface area contributed by atoms with Gasteiger partial charge in [-0.3, -0.25) is 0 Å². The predicted molar refractivity (Wildman–Crippen MR) is 59.1 cm³/mol. The van der Waals surface area contributed by atoms with Crippen LogP contribution in [-0.2, 0) is 9.84 Å². The summed E-state index contributed by atoms with van der Waals surface area (Å²) in [6.07, 6.45) is 1.55. The van der Waals surface area contributed by atoms with Gasteiger partial charge in [-0.05, 0) is 31.3 Å². The third kappa shape index (κ3) is 3.58. The van der Waals surface area contributed by atoms with Gasteiger partial charge in [-0.2, -0.15) is 0 Å². The van der Waals surface area contributed by atoms with Crippen LogP contribution in [0.5, 0.6) is 0 Å². The molecule has 4 heteroatoms. The van der Waals surface area contributed by atoms with E-state index in [1.165, 1.54) is 0 Å². The first-order valence-corrected chi connectivity index (χ1v) is 6.95. The molecule has 0 atom stereocenters. The van der Waals surface area contributed by atoms with Crippen LogP contribution < -0.4 is 5.32 Å². The van der Waals surface area contributed by atoms with E-state index < -0.39 is 9.84 Å². The zero-order valence-electron chi connectivity index (χ0n) is 9.34. The van der Waals surface area contributed by atoms with E-state index in [0.29, 0.717) is 5.75 Å². The van der Waals surface area contributed by atoms with Crippen molar-refractivity contribution >= 4 is 9.84 Å². The smallest absolute Gasteiger partial charge is 0.153 e. The van der Waals surface area contributed by atoms with Gasteiger partial charge in [0.05, 0.1) is 11.0 Å². The zero-order valence-corrected chi connectivity index (χ0v) is 10.2. The first-order valence-electron chi connectivity index (χ1n) is 5.23. The van der Waals surface area contributed by atoms with Crippen LogP contribution in [0.4, 0.5) is 0 Å². The van der Waals surface area contributed by atoms with Gasteiger partial charge in [-0.1, -0.05) is 20.8 Å². The van der Waals surface area contributed by atoms with E-state index in [-0.39, 0.29) is 10.7 Å². The summed E-state index contributed by atoms with van der Waals surface area (Å²) in [5.74, 6) is 0.310. The monoisotopic (exact) mass is 219 g/mol. The Morgan fingerprint density at radius 1 is 1.21 bits per heavy atom. The maximum absolute atomic E-state index is 12.0. The minimum Gasteiger partial charge on any atom is -0.317 e. The summed E-state index contributed by atoms with van der Waals surface area (Å²) < 4.78 is 23.9. The first kappa shape index (κ1) is 12.0. The SMILES string of the molecule is CC(C)(C)CS(=O)(=O)C1CCNCC1. The molecule has 3 nitrogen and oxygen atoms in total. The Balaban J connectivity index is 2.64. The maximum Gasteiger partial charge on any atom is 0.153 e. The normalized spacial score (nSPS) is 21.1. The van der Waals surface area contributed by atoms with Gasteiger partial charge >= 0.3 is 0 Å². The second-order valence-electron chi connectivity index (χ2n) is 5.32. The highest BCUT2D eigenvalue weighted by Crippen LogP contribution is 2.22. The van der Waals surface area contributed by atoms with Crippen molar-refractivity contribution in [3.05, 3.63) is 0 Å². The Kier molecular flexibility index (Phi) is 3.58. The lowest BCUT2D eigenvalue weighted by atomic mass is 10.0. The Morgan fingerprint density at radius 2 is 1.71 bits per heavy atom. The molecule has 0 bridgehead atoms. The molecule has 1 rings (SSSR count). The van der Waals surface area contributed by atoms with Crippen molar-refractivity contribution in [2.24, 2.45) is 5.41 Å². The Morgan fingerprint density at radius 3 is 2.14 bits per heavy atom. The number of rotatable bonds is 2. The molecule has 0 aromatic rings. The molecule has 14 heavy (non-hydrogen) atoms. The average molecular weight is 219 g/mol. The highest BCUT2D eigenvalue weighted by Gasteiger charge is 2.30. The molecule has 0 unspecified atom stereocenters. The van der Waals surface area contributed by atoms with Gasteiger partial charge in [0.1, 0.15) is 0 Å². The summed E-state index contributed by atoms with van der Waals surface area (Å²) >= 11 is 0. The maximum atomic E-state index is 12.0. The molecule has 0 amide bonds. The average Bonchev–Trinajstić information content (AvgIpc) is 2.01. The molecule has 1 aliphatic rings. The Hall–Kier alpha value is -0.0900. The van der Waals surface area contributed by atoms with E-state index in [0.717, 1.165) is 25.9 Å². The summed E-state index contributed by atoms with van der Waals surface area (Å²) in [6.45, 7) is 7.62. The van der Waals surface area contributed by atoms with Crippen molar-refractivity contribution in [3.8, 4) is 0 Å². The van der Waals surface area contributed by atoms with Crippen LogP contribution in [0.25, 0.3) is 0 Å². The highest BCUT2D eigenvalue weighted by atomic mass is 32.2. The van der Waals surface area contributed by atoms with E-state index >= 15 is 0 Å². The molecule has 0 radical (unpaired) electrons. The van der Waals surface area contributed by atoms with Crippen LogP contribution in [0.1, 0.15) is 33.6 Å². The van der Waals surface area contributed by atoms with E-state index in [4.69, 9.17) is 0 Å². The van der Waals surface area contributed by atoms with E-state index in [9.17, 15) is 8.42 Å². The minimum absolute atomic E-state index is 0.108. The molecule has 0 aliphatic carbocycles. The van der Waals surface area contributed by atoms with Crippen molar-refractivity contribution in [1.29, 1.82) is 0 Å². The van der Waals surface area contributed by atoms with Crippen molar-refractivity contribution in [1.82, 2.24) is 5.32 Å². The number of sulfone groups is 1. The molecule has 1 heterocycles. The van der Waals surface area contributed by atoms with Gasteiger partial charge < -0.3 is 5.32 Å². The zero-order chi connectivity index (χ0) is 10.8. The van der Waals surface area contributed by atoms with Crippen LogP contribution in [0.3, 0.4) is 0 Å². The molecule has 0 saturated carbocycles. The van der Waals surface area contributed by atoms with E-state index in [1.807, 2.05) is 20.8 Å². The fraction of sp³-hybridized carbons (Fsp3) is 1.00. The van der Waals surface area contributed by atoms with E-state index in [2.05, 4.69) is 5.32 Å². The van der Waals surface area contributed by atoms with Gasteiger partial charge in [-0.25, -0.2) is 8.42 Å². The predicted octanol–water partition coefficient (Wildman–Crippen LogP) is 1.20.